The number of rotatable bonds is 7. The zero-order valence-electron chi connectivity index (χ0n) is 15.5. The molecular formula is C21H23N3O2S. The van der Waals surface area contributed by atoms with Crippen LogP contribution in [0.15, 0.2) is 64.4 Å². The summed E-state index contributed by atoms with van der Waals surface area (Å²) in [6.07, 6.45) is 1.79. The van der Waals surface area contributed by atoms with Gasteiger partial charge in [-0.1, -0.05) is 54.2 Å². The van der Waals surface area contributed by atoms with Gasteiger partial charge in [0.25, 0.3) is 5.56 Å². The van der Waals surface area contributed by atoms with Crippen molar-refractivity contribution in [3.05, 3.63) is 70.5 Å². The molecule has 0 spiro atoms. The fourth-order valence-corrected chi connectivity index (χ4v) is 3.67. The van der Waals surface area contributed by atoms with E-state index in [2.05, 4.69) is 22.4 Å². The van der Waals surface area contributed by atoms with Gasteiger partial charge in [-0.15, -0.1) is 0 Å². The highest BCUT2D eigenvalue weighted by Crippen LogP contribution is 2.15. The van der Waals surface area contributed by atoms with E-state index in [-0.39, 0.29) is 23.3 Å². The standard InChI is InChI=1S/C21H23N3O2S/c1-15(12-13-16-8-4-3-5-9-16)22-19(25)14-27-20-21(26)24(2)18-11-7-6-10-17(18)23-20/h3-11,15H,12-14H2,1-2H3,(H,22,25)/t15-/m1/s1. The second-order valence-electron chi connectivity index (χ2n) is 6.55. The molecule has 0 bridgehead atoms. The molecule has 0 aliphatic rings. The molecule has 1 N–H and O–H groups in total. The molecule has 3 rings (SSSR count). The Kier molecular flexibility index (Phi) is 6.29. The number of aromatic nitrogens is 2. The average molecular weight is 382 g/mol. The summed E-state index contributed by atoms with van der Waals surface area (Å²) >= 11 is 1.18. The molecule has 6 heteroatoms. The maximum absolute atomic E-state index is 12.4. The molecule has 27 heavy (non-hydrogen) atoms. The predicted molar refractivity (Wildman–Crippen MR) is 110 cm³/mol. The van der Waals surface area contributed by atoms with E-state index in [1.807, 2.05) is 49.4 Å². The zero-order chi connectivity index (χ0) is 19.2. The van der Waals surface area contributed by atoms with Crippen LogP contribution < -0.4 is 10.9 Å². The van der Waals surface area contributed by atoms with Gasteiger partial charge in [-0.2, -0.15) is 0 Å². The maximum atomic E-state index is 12.4. The van der Waals surface area contributed by atoms with Gasteiger partial charge in [0.2, 0.25) is 5.91 Å². The molecule has 0 saturated heterocycles. The highest BCUT2D eigenvalue weighted by Gasteiger charge is 2.13. The third-order valence-electron chi connectivity index (χ3n) is 4.41. The van der Waals surface area contributed by atoms with Crippen LogP contribution in [0.2, 0.25) is 0 Å². The number of carbonyl (C=O) groups is 1. The minimum Gasteiger partial charge on any atom is -0.353 e. The number of benzene rings is 2. The Hall–Kier alpha value is -2.60. The van der Waals surface area contributed by atoms with Gasteiger partial charge in [0.15, 0.2) is 5.03 Å². The number of fused-ring (bicyclic) bond motifs is 1. The van der Waals surface area contributed by atoms with Crippen LogP contribution in [0.1, 0.15) is 18.9 Å². The molecule has 0 radical (unpaired) electrons. The highest BCUT2D eigenvalue weighted by molar-refractivity contribution is 7.99. The van der Waals surface area contributed by atoms with Gasteiger partial charge in [-0.25, -0.2) is 4.98 Å². The van der Waals surface area contributed by atoms with Gasteiger partial charge in [-0.3, -0.25) is 9.59 Å². The quantitative estimate of drug-likeness (QED) is 0.639. The van der Waals surface area contributed by atoms with Crippen LogP contribution in [0.5, 0.6) is 0 Å². The van der Waals surface area contributed by atoms with E-state index >= 15 is 0 Å². The predicted octanol–water partition coefficient (Wildman–Crippen LogP) is 3.16. The Morgan fingerprint density at radius 1 is 1.15 bits per heavy atom. The molecule has 1 heterocycles. The Balaban J connectivity index is 1.55. The van der Waals surface area contributed by atoms with E-state index in [9.17, 15) is 9.59 Å². The van der Waals surface area contributed by atoms with Crippen LogP contribution in [0.25, 0.3) is 11.0 Å². The first-order chi connectivity index (χ1) is 13.0. The molecule has 3 aromatic rings. The van der Waals surface area contributed by atoms with E-state index in [1.54, 1.807) is 11.6 Å². The summed E-state index contributed by atoms with van der Waals surface area (Å²) in [5, 5.41) is 3.35. The van der Waals surface area contributed by atoms with Crippen molar-refractivity contribution < 1.29 is 4.79 Å². The lowest BCUT2D eigenvalue weighted by Crippen LogP contribution is -2.34. The topological polar surface area (TPSA) is 64.0 Å². The number of nitrogens with one attached hydrogen (secondary N) is 1. The van der Waals surface area contributed by atoms with E-state index < -0.39 is 0 Å². The minimum atomic E-state index is -0.177. The second kappa shape index (κ2) is 8.86. The van der Waals surface area contributed by atoms with E-state index in [0.717, 1.165) is 23.9 Å². The fraction of sp³-hybridized carbons (Fsp3) is 0.286. The number of carbonyl (C=O) groups excluding carboxylic acids is 1. The molecule has 0 fully saturated rings. The zero-order valence-corrected chi connectivity index (χ0v) is 16.3. The number of aryl methyl sites for hydroxylation is 2. The monoisotopic (exact) mass is 381 g/mol. The Morgan fingerprint density at radius 2 is 1.85 bits per heavy atom. The van der Waals surface area contributed by atoms with Crippen molar-refractivity contribution in [2.45, 2.75) is 30.8 Å². The van der Waals surface area contributed by atoms with Crippen LogP contribution >= 0.6 is 11.8 Å². The third-order valence-corrected chi connectivity index (χ3v) is 5.35. The first-order valence-electron chi connectivity index (χ1n) is 8.96. The number of thioether (sulfide) groups is 1. The summed E-state index contributed by atoms with van der Waals surface area (Å²) in [5.74, 6) is 0.0913. The molecule has 0 saturated carbocycles. The number of para-hydroxylation sites is 2. The van der Waals surface area contributed by atoms with Crippen molar-refractivity contribution in [1.29, 1.82) is 0 Å². The molecule has 140 valence electrons. The summed E-state index contributed by atoms with van der Waals surface area (Å²) < 4.78 is 1.57. The van der Waals surface area contributed by atoms with Gasteiger partial charge >= 0.3 is 0 Å². The van der Waals surface area contributed by atoms with Crippen LogP contribution in [0.3, 0.4) is 0 Å². The van der Waals surface area contributed by atoms with Gasteiger partial charge in [0, 0.05) is 13.1 Å². The van der Waals surface area contributed by atoms with Crippen LogP contribution in [0.4, 0.5) is 0 Å². The van der Waals surface area contributed by atoms with Gasteiger partial charge < -0.3 is 9.88 Å². The van der Waals surface area contributed by atoms with E-state index in [4.69, 9.17) is 0 Å². The number of hydrogen-bond donors (Lipinski definition) is 1. The molecule has 1 atom stereocenters. The number of amides is 1. The lowest BCUT2D eigenvalue weighted by atomic mass is 10.1. The molecule has 1 amide bonds. The first-order valence-corrected chi connectivity index (χ1v) is 9.95. The molecule has 1 aromatic heterocycles. The maximum Gasteiger partial charge on any atom is 0.283 e. The summed E-state index contributed by atoms with van der Waals surface area (Å²) in [4.78, 5) is 29.1. The normalized spacial score (nSPS) is 12.1. The van der Waals surface area contributed by atoms with Gasteiger partial charge in [-0.05, 0) is 37.5 Å². The molecule has 0 aliphatic heterocycles. The van der Waals surface area contributed by atoms with Crippen LogP contribution in [-0.2, 0) is 18.3 Å². The lowest BCUT2D eigenvalue weighted by molar-refractivity contribution is -0.119. The van der Waals surface area contributed by atoms with E-state index in [1.165, 1.54) is 17.3 Å². The van der Waals surface area contributed by atoms with Gasteiger partial charge in [0.1, 0.15) is 0 Å². The minimum absolute atomic E-state index is 0.0747. The van der Waals surface area contributed by atoms with Crippen molar-refractivity contribution in [3.63, 3.8) is 0 Å². The van der Waals surface area contributed by atoms with Gasteiger partial charge in [0.05, 0.1) is 16.8 Å². The van der Waals surface area contributed by atoms with E-state index in [0.29, 0.717) is 5.03 Å². The Bertz CT molecular complexity index is 986. The van der Waals surface area contributed by atoms with Crippen molar-refractivity contribution in [1.82, 2.24) is 14.9 Å². The smallest absolute Gasteiger partial charge is 0.283 e. The Morgan fingerprint density at radius 3 is 2.63 bits per heavy atom. The number of hydrogen-bond acceptors (Lipinski definition) is 4. The third kappa shape index (κ3) is 4.98. The first kappa shape index (κ1) is 19.2. The summed E-state index contributed by atoms with van der Waals surface area (Å²) in [7, 11) is 1.72. The van der Waals surface area contributed by atoms with Crippen molar-refractivity contribution in [2.24, 2.45) is 7.05 Å². The van der Waals surface area contributed by atoms with Crippen molar-refractivity contribution >= 4 is 28.7 Å². The molecule has 0 aliphatic carbocycles. The second-order valence-corrected chi connectivity index (χ2v) is 7.52. The highest BCUT2D eigenvalue weighted by atomic mass is 32.2. The van der Waals surface area contributed by atoms with Crippen LogP contribution in [-0.4, -0.2) is 27.3 Å². The summed E-state index contributed by atoms with van der Waals surface area (Å²) in [5.41, 5.74) is 2.62. The van der Waals surface area contributed by atoms with Crippen LogP contribution in [0, 0.1) is 0 Å². The average Bonchev–Trinajstić information content (AvgIpc) is 2.69. The molecule has 0 unspecified atom stereocenters. The Labute approximate surface area is 162 Å². The molecule has 2 aromatic carbocycles. The lowest BCUT2D eigenvalue weighted by Gasteiger charge is -2.14. The van der Waals surface area contributed by atoms with Crippen molar-refractivity contribution in [2.75, 3.05) is 5.75 Å². The summed E-state index contributed by atoms with van der Waals surface area (Å²) in [6.45, 7) is 2.00. The fourth-order valence-electron chi connectivity index (χ4n) is 2.90. The van der Waals surface area contributed by atoms with Crippen molar-refractivity contribution in [3.8, 4) is 0 Å². The molecule has 5 nitrogen and oxygen atoms in total. The SMILES string of the molecule is C[C@H](CCc1ccccc1)NC(=O)CSc1nc2ccccc2n(C)c1=O. The largest absolute Gasteiger partial charge is 0.353 e. The number of nitrogens with zero attached hydrogens (tertiary/aromatic N) is 2. The summed E-state index contributed by atoms with van der Waals surface area (Å²) in [6, 6.07) is 17.8. The molecular weight excluding hydrogens is 358 g/mol.